The Hall–Kier alpha value is -1.24. The number of nitrogens with zero attached hydrogens (tertiary/aromatic N) is 3. The van der Waals surface area contributed by atoms with Gasteiger partial charge in [0.25, 0.3) is 5.89 Å². The van der Waals surface area contributed by atoms with E-state index in [1.165, 1.54) is 12.8 Å². The summed E-state index contributed by atoms with van der Waals surface area (Å²) in [7, 11) is 0. The molecule has 0 radical (unpaired) electrons. The van der Waals surface area contributed by atoms with E-state index in [1.807, 2.05) is 17.5 Å². The standard InChI is InChI=1S/C15H22N4OS/c1-2-19(12-7-5-11(16)6-8-12)10-14-17-18-15(20-14)13-4-3-9-21-13/h3-4,9,11-12H,2,5-8,10,16H2,1H3. The molecule has 2 heterocycles. The number of thiophene rings is 1. The summed E-state index contributed by atoms with van der Waals surface area (Å²) in [5, 5.41) is 10.4. The largest absolute Gasteiger partial charge is 0.419 e. The topological polar surface area (TPSA) is 68.2 Å². The van der Waals surface area contributed by atoms with Crippen molar-refractivity contribution in [2.45, 2.75) is 51.2 Å². The van der Waals surface area contributed by atoms with Crippen LogP contribution in [0.3, 0.4) is 0 Å². The summed E-state index contributed by atoms with van der Waals surface area (Å²) < 4.78 is 5.79. The van der Waals surface area contributed by atoms with Crippen molar-refractivity contribution < 1.29 is 4.42 Å². The quantitative estimate of drug-likeness (QED) is 0.920. The number of hydrogen-bond acceptors (Lipinski definition) is 6. The van der Waals surface area contributed by atoms with Crippen molar-refractivity contribution >= 4 is 11.3 Å². The van der Waals surface area contributed by atoms with Crippen molar-refractivity contribution in [2.75, 3.05) is 6.54 Å². The molecule has 21 heavy (non-hydrogen) atoms. The molecule has 0 unspecified atom stereocenters. The summed E-state index contributed by atoms with van der Waals surface area (Å²) in [5.74, 6) is 1.33. The summed E-state index contributed by atoms with van der Waals surface area (Å²) in [5.41, 5.74) is 5.99. The van der Waals surface area contributed by atoms with Gasteiger partial charge in [0.1, 0.15) is 0 Å². The first kappa shape index (κ1) is 14.7. The van der Waals surface area contributed by atoms with Crippen LogP contribution in [0, 0.1) is 0 Å². The van der Waals surface area contributed by atoms with Gasteiger partial charge in [-0.05, 0) is 43.7 Å². The van der Waals surface area contributed by atoms with E-state index >= 15 is 0 Å². The maximum atomic E-state index is 5.99. The molecule has 1 aliphatic rings. The van der Waals surface area contributed by atoms with E-state index in [9.17, 15) is 0 Å². The monoisotopic (exact) mass is 306 g/mol. The Morgan fingerprint density at radius 3 is 2.81 bits per heavy atom. The summed E-state index contributed by atoms with van der Waals surface area (Å²) in [6, 6.07) is 4.97. The van der Waals surface area contributed by atoms with Crippen LogP contribution in [0.1, 0.15) is 38.5 Å². The van der Waals surface area contributed by atoms with Crippen LogP contribution in [0.2, 0.25) is 0 Å². The molecule has 2 aromatic heterocycles. The van der Waals surface area contributed by atoms with Gasteiger partial charge >= 0.3 is 0 Å². The number of nitrogens with two attached hydrogens (primary N) is 1. The Labute approximate surface area is 129 Å². The van der Waals surface area contributed by atoms with Crippen LogP contribution in [-0.2, 0) is 6.54 Å². The van der Waals surface area contributed by atoms with Gasteiger partial charge in [-0.1, -0.05) is 13.0 Å². The van der Waals surface area contributed by atoms with Gasteiger partial charge in [0, 0.05) is 12.1 Å². The minimum absolute atomic E-state index is 0.383. The van der Waals surface area contributed by atoms with Gasteiger partial charge in [0.05, 0.1) is 11.4 Å². The molecule has 1 aliphatic carbocycles. The lowest BCUT2D eigenvalue weighted by Crippen LogP contribution is -2.40. The Morgan fingerprint density at radius 2 is 2.14 bits per heavy atom. The molecule has 2 N–H and O–H groups in total. The predicted octanol–water partition coefficient (Wildman–Crippen LogP) is 2.89. The molecular weight excluding hydrogens is 284 g/mol. The summed E-state index contributed by atoms with van der Waals surface area (Å²) >= 11 is 1.62. The zero-order chi connectivity index (χ0) is 14.7. The SMILES string of the molecule is CCN(Cc1nnc(-c2cccs2)o1)C1CCC(N)CC1. The first-order valence-electron chi connectivity index (χ1n) is 7.62. The molecule has 0 amide bonds. The van der Waals surface area contributed by atoms with Gasteiger partial charge in [0.15, 0.2) is 0 Å². The second-order valence-electron chi connectivity index (χ2n) is 5.61. The fourth-order valence-corrected chi connectivity index (χ4v) is 3.60. The Kier molecular flexibility index (Phi) is 4.67. The van der Waals surface area contributed by atoms with Crippen molar-refractivity contribution in [3.8, 4) is 10.8 Å². The van der Waals surface area contributed by atoms with Gasteiger partial charge in [-0.2, -0.15) is 0 Å². The molecular formula is C15H22N4OS. The van der Waals surface area contributed by atoms with Crippen molar-refractivity contribution in [1.82, 2.24) is 15.1 Å². The summed E-state index contributed by atoms with van der Waals surface area (Å²) in [4.78, 5) is 3.46. The van der Waals surface area contributed by atoms with Crippen molar-refractivity contribution in [2.24, 2.45) is 5.73 Å². The zero-order valence-corrected chi connectivity index (χ0v) is 13.2. The van der Waals surface area contributed by atoms with Gasteiger partial charge in [0.2, 0.25) is 5.89 Å². The number of aromatic nitrogens is 2. The maximum absolute atomic E-state index is 5.99. The first-order valence-corrected chi connectivity index (χ1v) is 8.50. The third-order valence-electron chi connectivity index (χ3n) is 4.20. The molecule has 1 fully saturated rings. The molecule has 0 atom stereocenters. The van der Waals surface area contributed by atoms with E-state index < -0.39 is 0 Å². The highest BCUT2D eigenvalue weighted by Crippen LogP contribution is 2.26. The maximum Gasteiger partial charge on any atom is 0.257 e. The number of hydrogen-bond donors (Lipinski definition) is 1. The summed E-state index contributed by atoms with van der Waals surface area (Å²) in [6.07, 6.45) is 4.57. The van der Waals surface area contributed by atoms with E-state index in [4.69, 9.17) is 10.2 Å². The van der Waals surface area contributed by atoms with E-state index in [0.29, 0.717) is 23.9 Å². The average Bonchev–Trinajstić information content (AvgIpc) is 3.17. The molecule has 0 aromatic carbocycles. The fraction of sp³-hybridized carbons (Fsp3) is 0.600. The third-order valence-corrected chi connectivity index (χ3v) is 5.06. The van der Waals surface area contributed by atoms with Gasteiger partial charge in [-0.25, -0.2) is 0 Å². The van der Waals surface area contributed by atoms with Gasteiger partial charge < -0.3 is 10.2 Å². The van der Waals surface area contributed by atoms with E-state index in [1.54, 1.807) is 11.3 Å². The highest BCUT2D eigenvalue weighted by Gasteiger charge is 2.24. The second-order valence-corrected chi connectivity index (χ2v) is 6.56. The molecule has 2 aromatic rings. The van der Waals surface area contributed by atoms with Crippen molar-refractivity contribution in [3.05, 3.63) is 23.4 Å². The van der Waals surface area contributed by atoms with Crippen molar-refractivity contribution in [3.63, 3.8) is 0 Å². The molecule has 1 saturated carbocycles. The Balaban J connectivity index is 1.64. The van der Waals surface area contributed by atoms with Crippen LogP contribution in [-0.4, -0.2) is 33.7 Å². The molecule has 0 spiro atoms. The Morgan fingerprint density at radius 1 is 1.33 bits per heavy atom. The normalized spacial score (nSPS) is 22.8. The predicted molar refractivity (Wildman–Crippen MR) is 83.9 cm³/mol. The molecule has 3 rings (SSSR count). The molecule has 0 saturated heterocycles. The molecule has 0 aliphatic heterocycles. The minimum atomic E-state index is 0.383. The zero-order valence-electron chi connectivity index (χ0n) is 12.4. The van der Waals surface area contributed by atoms with Crippen molar-refractivity contribution in [1.29, 1.82) is 0 Å². The molecule has 5 nitrogen and oxygen atoms in total. The van der Waals surface area contributed by atoms with Gasteiger partial charge in [-0.15, -0.1) is 21.5 Å². The molecule has 6 heteroatoms. The summed E-state index contributed by atoms with van der Waals surface area (Å²) in [6.45, 7) is 3.91. The van der Waals surface area contributed by atoms with E-state index in [0.717, 1.165) is 30.8 Å². The highest BCUT2D eigenvalue weighted by atomic mass is 32.1. The van der Waals surface area contributed by atoms with Crippen LogP contribution >= 0.6 is 11.3 Å². The highest BCUT2D eigenvalue weighted by molar-refractivity contribution is 7.13. The lowest BCUT2D eigenvalue weighted by atomic mass is 9.91. The van der Waals surface area contributed by atoms with E-state index in [-0.39, 0.29) is 0 Å². The Bertz CT molecular complexity index is 546. The minimum Gasteiger partial charge on any atom is -0.419 e. The number of rotatable bonds is 5. The smallest absolute Gasteiger partial charge is 0.257 e. The van der Waals surface area contributed by atoms with Crippen LogP contribution in [0.15, 0.2) is 21.9 Å². The average molecular weight is 306 g/mol. The lowest BCUT2D eigenvalue weighted by Gasteiger charge is -2.34. The second kappa shape index (κ2) is 6.68. The van der Waals surface area contributed by atoms with E-state index in [2.05, 4.69) is 22.0 Å². The molecule has 0 bridgehead atoms. The van der Waals surface area contributed by atoms with Crippen LogP contribution in [0.25, 0.3) is 10.8 Å². The third kappa shape index (κ3) is 3.51. The van der Waals surface area contributed by atoms with Crippen LogP contribution in [0.4, 0.5) is 0 Å². The molecule has 114 valence electrons. The van der Waals surface area contributed by atoms with Crippen LogP contribution in [0.5, 0.6) is 0 Å². The fourth-order valence-electron chi connectivity index (χ4n) is 2.96. The first-order chi connectivity index (χ1) is 10.3. The van der Waals surface area contributed by atoms with Gasteiger partial charge in [-0.3, -0.25) is 4.90 Å². The lowest BCUT2D eigenvalue weighted by molar-refractivity contribution is 0.137. The van der Waals surface area contributed by atoms with Crippen LogP contribution < -0.4 is 5.73 Å².